The van der Waals surface area contributed by atoms with Crippen LogP contribution in [-0.2, 0) is 9.53 Å². The zero-order valence-corrected chi connectivity index (χ0v) is 11.7. The van der Waals surface area contributed by atoms with Gasteiger partial charge in [-0.3, -0.25) is 4.79 Å². The Hall–Kier alpha value is -0.680. The van der Waals surface area contributed by atoms with Crippen molar-refractivity contribution < 1.29 is 9.53 Å². The lowest BCUT2D eigenvalue weighted by Crippen LogP contribution is -2.34. The molecule has 1 amide bonds. The van der Waals surface area contributed by atoms with Gasteiger partial charge in [-0.1, -0.05) is 19.1 Å². The molecule has 0 unspecified atom stereocenters. The largest absolute Gasteiger partial charge is 0.393 e. The first kappa shape index (κ1) is 16.3. The molecule has 0 saturated carbocycles. The van der Waals surface area contributed by atoms with Crippen LogP contribution in [0.25, 0.3) is 0 Å². The van der Waals surface area contributed by atoms with Crippen molar-refractivity contribution in [1.82, 2.24) is 4.90 Å². The summed E-state index contributed by atoms with van der Waals surface area (Å²) in [7, 11) is 0. The zero-order valence-electron chi connectivity index (χ0n) is 10.9. The molecule has 0 bridgehead atoms. The van der Waals surface area contributed by atoms with Gasteiger partial charge in [0.05, 0.1) is 4.99 Å². The van der Waals surface area contributed by atoms with E-state index in [0.717, 1.165) is 26.0 Å². The maximum atomic E-state index is 11.8. The third kappa shape index (κ3) is 9.06. The van der Waals surface area contributed by atoms with Gasteiger partial charge in [-0.05, 0) is 19.8 Å². The van der Waals surface area contributed by atoms with Gasteiger partial charge in [0.2, 0.25) is 5.91 Å². The van der Waals surface area contributed by atoms with Crippen LogP contribution in [0.1, 0.15) is 39.5 Å². The Morgan fingerprint density at radius 3 is 2.53 bits per heavy atom. The molecule has 5 heteroatoms. The van der Waals surface area contributed by atoms with Crippen molar-refractivity contribution in [3.8, 4) is 0 Å². The molecule has 0 atom stereocenters. The quantitative estimate of drug-likeness (QED) is 0.480. The number of hydrogen-bond acceptors (Lipinski definition) is 3. The molecule has 0 fully saturated rings. The van der Waals surface area contributed by atoms with E-state index in [2.05, 4.69) is 0 Å². The van der Waals surface area contributed by atoms with Crippen molar-refractivity contribution in [3.63, 3.8) is 0 Å². The van der Waals surface area contributed by atoms with Crippen LogP contribution in [0.4, 0.5) is 0 Å². The van der Waals surface area contributed by atoms with E-state index in [9.17, 15) is 4.79 Å². The Kier molecular flexibility index (Phi) is 10.1. The SMILES string of the molecule is CCCC(=O)N(CCCOCC)CCC(N)=S. The minimum absolute atomic E-state index is 0.181. The number of amides is 1. The van der Waals surface area contributed by atoms with E-state index in [0.29, 0.717) is 31.0 Å². The molecule has 0 aliphatic carbocycles. The second kappa shape index (κ2) is 10.5. The molecule has 17 heavy (non-hydrogen) atoms. The molecule has 0 rings (SSSR count). The lowest BCUT2D eigenvalue weighted by atomic mass is 10.2. The molecule has 0 saturated heterocycles. The molecule has 0 aliphatic heterocycles. The summed E-state index contributed by atoms with van der Waals surface area (Å²) < 4.78 is 5.26. The zero-order chi connectivity index (χ0) is 13.1. The third-order valence-electron chi connectivity index (χ3n) is 2.37. The normalized spacial score (nSPS) is 10.2. The van der Waals surface area contributed by atoms with Gasteiger partial charge in [-0.25, -0.2) is 0 Å². The van der Waals surface area contributed by atoms with Gasteiger partial charge in [-0.15, -0.1) is 0 Å². The highest BCUT2D eigenvalue weighted by Crippen LogP contribution is 2.01. The second-order valence-corrected chi connectivity index (χ2v) is 4.42. The average molecular weight is 260 g/mol. The summed E-state index contributed by atoms with van der Waals surface area (Å²) >= 11 is 4.83. The standard InChI is InChI=1S/C12H24N2O2S/c1-3-6-12(15)14(9-7-11(13)17)8-5-10-16-4-2/h3-10H2,1-2H3,(H2,13,17). The van der Waals surface area contributed by atoms with Gasteiger partial charge in [0.15, 0.2) is 0 Å². The number of ether oxygens (including phenoxy) is 1. The van der Waals surface area contributed by atoms with Gasteiger partial charge in [0, 0.05) is 39.1 Å². The van der Waals surface area contributed by atoms with Gasteiger partial charge >= 0.3 is 0 Å². The van der Waals surface area contributed by atoms with Gasteiger partial charge in [0.1, 0.15) is 0 Å². The molecule has 0 aromatic rings. The van der Waals surface area contributed by atoms with E-state index in [1.807, 2.05) is 18.7 Å². The van der Waals surface area contributed by atoms with Crippen molar-refractivity contribution in [3.05, 3.63) is 0 Å². The van der Waals surface area contributed by atoms with E-state index in [1.165, 1.54) is 0 Å². The fourth-order valence-corrected chi connectivity index (χ4v) is 1.57. The first-order valence-corrected chi connectivity index (χ1v) is 6.66. The first-order chi connectivity index (χ1) is 8.11. The molecule has 0 aromatic carbocycles. The van der Waals surface area contributed by atoms with Crippen molar-refractivity contribution in [1.29, 1.82) is 0 Å². The summed E-state index contributed by atoms with van der Waals surface area (Å²) in [6.07, 6.45) is 2.92. The van der Waals surface area contributed by atoms with Crippen LogP contribution in [0, 0.1) is 0 Å². The van der Waals surface area contributed by atoms with E-state index < -0.39 is 0 Å². The topological polar surface area (TPSA) is 55.6 Å². The van der Waals surface area contributed by atoms with Crippen LogP contribution in [0.2, 0.25) is 0 Å². The summed E-state index contributed by atoms with van der Waals surface area (Å²) in [5.74, 6) is 0.181. The summed E-state index contributed by atoms with van der Waals surface area (Å²) in [5, 5.41) is 0. The predicted octanol–water partition coefficient (Wildman–Crippen LogP) is 1.72. The Bertz CT molecular complexity index is 235. The lowest BCUT2D eigenvalue weighted by molar-refractivity contribution is -0.131. The second-order valence-electron chi connectivity index (χ2n) is 3.90. The molecule has 0 heterocycles. The molecule has 4 nitrogen and oxygen atoms in total. The Morgan fingerprint density at radius 2 is 2.00 bits per heavy atom. The molecule has 0 aliphatic rings. The summed E-state index contributed by atoms with van der Waals surface area (Å²) in [4.78, 5) is 14.1. The number of thiocarbonyl (C=S) groups is 1. The summed E-state index contributed by atoms with van der Waals surface area (Å²) in [5.41, 5.74) is 5.46. The van der Waals surface area contributed by atoms with Crippen LogP contribution in [0.15, 0.2) is 0 Å². The number of rotatable bonds is 10. The van der Waals surface area contributed by atoms with Gasteiger partial charge in [0.25, 0.3) is 0 Å². The van der Waals surface area contributed by atoms with Crippen LogP contribution >= 0.6 is 12.2 Å². The Labute approximate surface area is 109 Å². The summed E-state index contributed by atoms with van der Waals surface area (Å²) in [6, 6.07) is 0. The number of nitrogens with two attached hydrogens (primary N) is 1. The van der Waals surface area contributed by atoms with E-state index >= 15 is 0 Å². The predicted molar refractivity (Wildman–Crippen MR) is 74.0 cm³/mol. The smallest absolute Gasteiger partial charge is 0.222 e. The van der Waals surface area contributed by atoms with Crippen LogP contribution in [0.5, 0.6) is 0 Å². The van der Waals surface area contributed by atoms with Crippen molar-refractivity contribution in [2.24, 2.45) is 5.73 Å². The number of carbonyl (C=O) groups excluding carboxylic acids is 1. The molecule has 2 N–H and O–H groups in total. The van der Waals surface area contributed by atoms with Crippen LogP contribution in [0.3, 0.4) is 0 Å². The first-order valence-electron chi connectivity index (χ1n) is 6.25. The highest BCUT2D eigenvalue weighted by molar-refractivity contribution is 7.80. The molecule has 0 aromatic heterocycles. The molecular weight excluding hydrogens is 236 g/mol. The average Bonchev–Trinajstić information content (AvgIpc) is 2.28. The Morgan fingerprint density at radius 1 is 1.29 bits per heavy atom. The number of carbonyl (C=O) groups is 1. The van der Waals surface area contributed by atoms with Crippen LogP contribution < -0.4 is 5.73 Å². The number of hydrogen-bond donors (Lipinski definition) is 1. The molecule has 0 radical (unpaired) electrons. The molecule has 100 valence electrons. The van der Waals surface area contributed by atoms with Crippen molar-refractivity contribution in [2.75, 3.05) is 26.3 Å². The van der Waals surface area contributed by atoms with Crippen LogP contribution in [-0.4, -0.2) is 42.1 Å². The van der Waals surface area contributed by atoms with E-state index in [-0.39, 0.29) is 5.91 Å². The maximum Gasteiger partial charge on any atom is 0.222 e. The van der Waals surface area contributed by atoms with Gasteiger partial charge in [-0.2, -0.15) is 0 Å². The third-order valence-corrected chi connectivity index (χ3v) is 2.57. The molecular formula is C12H24N2O2S. The minimum atomic E-state index is 0.181. The van der Waals surface area contributed by atoms with Crippen molar-refractivity contribution in [2.45, 2.75) is 39.5 Å². The number of nitrogens with zero attached hydrogens (tertiary/aromatic N) is 1. The lowest BCUT2D eigenvalue weighted by Gasteiger charge is -2.22. The van der Waals surface area contributed by atoms with Crippen molar-refractivity contribution >= 4 is 23.1 Å². The molecule has 0 spiro atoms. The monoisotopic (exact) mass is 260 g/mol. The highest BCUT2D eigenvalue weighted by Gasteiger charge is 2.12. The fourth-order valence-electron chi connectivity index (χ4n) is 1.48. The van der Waals surface area contributed by atoms with Gasteiger partial charge < -0.3 is 15.4 Å². The highest BCUT2D eigenvalue weighted by atomic mass is 32.1. The fraction of sp³-hybridized carbons (Fsp3) is 0.833. The Balaban J connectivity index is 4.00. The van der Waals surface area contributed by atoms with E-state index in [4.69, 9.17) is 22.7 Å². The summed E-state index contributed by atoms with van der Waals surface area (Å²) in [6.45, 7) is 6.73. The maximum absolute atomic E-state index is 11.8. The van der Waals surface area contributed by atoms with E-state index in [1.54, 1.807) is 0 Å². The minimum Gasteiger partial charge on any atom is -0.393 e.